The van der Waals surface area contributed by atoms with Gasteiger partial charge in [-0.2, -0.15) is 0 Å². The van der Waals surface area contributed by atoms with Crippen molar-refractivity contribution in [1.82, 2.24) is 15.3 Å². The van der Waals surface area contributed by atoms with E-state index in [-0.39, 0.29) is 11.9 Å². The Labute approximate surface area is 108 Å². The van der Waals surface area contributed by atoms with Gasteiger partial charge in [0.2, 0.25) is 0 Å². The van der Waals surface area contributed by atoms with Crippen molar-refractivity contribution in [3.8, 4) is 0 Å². The van der Waals surface area contributed by atoms with Crippen LogP contribution >= 0.6 is 0 Å². The third kappa shape index (κ3) is 3.98. The summed E-state index contributed by atoms with van der Waals surface area (Å²) in [7, 11) is 0. The van der Waals surface area contributed by atoms with Crippen LogP contribution in [0.2, 0.25) is 0 Å². The largest absolute Gasteiger partial charge is 0.369 e. The van der Waals surface area contributed by atoms with Gasteiger partial charge in [0.25, 0.3) is 5.91 Å². The van der Waals surface area contributed by atoms with Crippen LogP contribution in [-0.4, -0.2) is 28.5 Å². The minimum absolute atomic E-state index is 0.161. The van der Waals surface area contributed by atoms with E-state index in [9.17, 15) is 4.79 Å². The molecule has 18 heavy (non-hydrogen) atoms. The predicted molar refractivity (Wildman–Crippen MR) is 72.6 cm³/mol. The van der Waals surface area contributed by atoms with Gasteiger partial charge in [0.1, 0.15) is 11.5 Å². The molecule has 0 aliphatic rings. The number of aromatic nitrogens is 2. The molecule has 1 aromatic rings. The highest BCUT2D eigenvalue weighted by Gasteiger charge is 2.16. The van der Waals surface area contributed by atoms with E-state index in [2.05, 4.69) is 41.4 Å². The average molecular weight is 250 g/mol. The van der Waals surface area contributed by atoms with Crippen LogP contribution in [0.25, 0.3) is 0 Å². The van der Waals surface area contributed by atoms with E-state index in [1.165, 1.54) is 6.20 Å². The van der Waals surface area contributed by atoms with Crippen molar-refractivity contribution in [3.05, 3.63) is 18.1 Å². The molecule has 1 rings (SSSR count). The third-order valence-corrected chi connectivity index (χ3v) is 2.80. The summed E-state index contributed by atoms with van der Waals surface area (Å²) in [5, 5.41) is 6.01. The summed E-state index contributed by atoms with van der Waals surface area (Å²) in [5.41, 5.74) is 0.357. The van der Waals surface area contributed by atoms with Crippen LogP contribution in [-0.2, 0) is 0 Å². The first kappa shape index (κ1) is 14.4. The number of hydrogen-bond acceptors (Lipinski definition) is 4. The number of carbonyl (C=O) groups excluding carboxylic acids is 1. The van der Waals surface area contributed by atoms with Gasteiger partial charge >= 0.3 is 0 Å². The number of amides is 1. The Morgan fingerprint density at radius 2 is 2.00 bits per heavy atom. The number of hydrogen-bond donors (Lipinski definition) is 2. The molecule has 1 heterocycles. The lowest BCUT2D eigenvalue weighted by Gasteiger charge is -2.20. The summed E-state index contributed by atoms with van der Waals surface area (Å²) in [4.78, 5) is 20.2. The van der Waals surface area contributed by atoms with Crippen LogP contribution in [0.5, 0.6) is 0 Å². The van der Waals surface area contributed by atoms with E-state index in [0.29, 0.717) is 17.4 Å². The molecule has 0 aliphatic heterocycles. The SMILES string of the molecule is CCNc1cnc(C(=O)NC(CC)C(C)C)cn1. The van der Waals surface area contributed by atoms with Crippen molar-refractivity contribution in [2.75, 3.05) is 11.9 Å². The predicted octanol–water partition coefficient (Wildman–Crippen LogP) is 2.07. The summed E-state index contributed by atoms with van der Waals surface area (Å²) in [5.74, 6) is 0.934. The van der Waals surface area contributed by atoms with Crippen molar-refractivity contribution >= 4 is 11.7 Å². The molecule has 2 N–H and O–H groups in total. The van der Waals surface area contributed by atoms with Gasteiger partial charge in [-0.05, 0) is 19.3 Å². The lowest BCUT2D eigenvalue weighted by molar-refractivity contribution is 0.0919. The molecule has 5 heteroatoms. The van der Waals surface area contributed by atoms with Crippen molar-refractivity contribution in [1.29, 1.82) is 0 Å². The minimum Gasteiger partial charge on any atom is -0.369 e. The van der Waals surface area contributed by atoms with Crippen LogP contribution in [0.1, 0.15) is 44.6 Å². The lowest BCUT2D eigenvalue weighted by Crippen LogP contribution is -2.38. The van der Waals surface area contributed by atoms with Crippen LogP contribution in [0, 0.1) is 5.92 Å². The molecule has 0 saturated heterocycles. The molecule has 1 atom stereocenters. The van der Waals surface area contributed by atoms with Gasteiger partial charge in [-0.25, -0.2) is 9.97 Å². The van der Waals surface area contributed by atoms with Gasteiger partial charge in [0.05, 0.1) is 12.4 Å². The van der Waals surface area contributed by atoms with Crippen molar-refractivity contribution in [2.45, 2.75) is 40.2 Å². The molecular weight excluding hydrogens is 228 g/mol. The quantitative estimate of drug-likeness (QED) is 0.811. The number of nitrogens with one attached hydrogen (secondary N) is 2. The maximum absolute atomic E-state index is 12.0. The summed E-state index contributed by atoms with van der Waals surface area (Å²) in [6.07, 6.45) is 3.99. The number of carbonyl (C=O) groups is 1. The number of rotatable bonds is 6. The second-order valence-corrected chi connectivity index (χ2v) is 4.55. The summed E-state index contributed by atoms with van der Waals surface area (Å²) in [6, 6.07) is 0.174. The molecule has 0 fully saturated rings. The fourth-order valence-corrected chi connectivity index (χ4v) is 1.70. The standard InChI is InChI=1S/C13H22N4O/c1-5-10(9(3)4)17-13(18)11-7-16-12(8-15-11)14-6-2/h7-10H,5-6H2,1-4H3,(H,14,16)(H,17,18). The van der Waals surface area contributed by atoms with Crippen LogP contribution in [0.15, 0.2) is 12.4 Å². The van der Waals surface area contributed by atoms with Crippen LogP contribution in [0.3, 0.4) is 0 Å². The maximum atomic E-state index is 12.0. The molecule has 1 aromatic heterocycles. The van der Waals surface area contributed by atoms with Gasteiger partial charge < -0.3 is 10.6 Å². The Kier molecular flexibility index (Phi) is 5.55. The monoisotopic (exact) mass is 250 g/mol. The molecule has 0 saturated carbocycles. The second kappa shape index (κ2) is 6.93. The Bertz CT molecular complexity index is 375. The Morgan fingerprint density at radius 3 is 2.44 bits per heavy atom. The van der Waals surface area contributed by atoms with E-state index in [1.54, 1.807) is 6.20 Å². The topological polar surface area (TPSA) is 66.9 Å². The van der Waals surface area contributed by atoms with Crippen molar-refractivity contribution < 1.29 is 4.79 Å². The zero-order valence-electron chi connectivity index (χ0n) is 11.5. The fraction of sp³-hybridized carbons (Fsp3) is 0.615. The van der Waals surface area contributed by atoms with Crippen molar-refractivity contribution in [3.63, 3.8) is 0 Å². The summed E-state index contributed by atoms with van der Waals surface area (Å²) in [6.45, 7) is 9.01. The second-order valence-electron chi connectivity index (χ2n) is 4.55. The molecular formula is C13H22N4O. The maximum Gasteiger partial charge on any atom is 0.271 e. The molecule has 5 nitrogen and oxygen atoms in total. The Balaban J connectivity index is 2.66. The van der Waals surface area contributed by atoms with E-state index in [1.807, 2.05) is 6.92 Å². The zero-order chi connectivity index (χ0) is 13.5. The van der Waals surface area contributed by atoms with Gasteiger partial charge in [-0.3, -0.25) is 4.79 Å². The average Bonchev–Trinajstić information content (AvgIpc) is 2.36. The number of nitrogens with zero attached hydrogens (tertiary/aromatic N) is 2. The Morgan fingerprint density at radius 1 is 1.28 bits per heavy atom. The molecule has 0 radical (unpaired) electrons. The van der Waals surface area contributed by atoms with E-state index < -0.39 is 0 Å². The van der Waals surface area contributed by atoms with E-state index in [0.717, 1.165) is 13.0 Å². The molecule has 0 aromatic carbocycles. The molecule has 0 aliphatic carbocycles. The van der Waals surface area contributed by atoms with E-state index in [4.69, 9.17) is 0 Å². The first-order chi connectivity index (χ1) is 8.58. The summed E-state index contributed by atoms with van der Waals surface area (Å²) >= 11 is 0. The van der Waals surface area contributed by atoms with Crippen LogP contribution in [0.4, 0.5) is 5.82 Å². The molecule has 1 amide bonds. The first-order valence-electron chi connectivity index (χ1n) is 6.45. The molecule has 0 bridgehead atoms. The Hall–Kier alpha value is -1.65. The van der Waals surface area contributed by atoms with Crippen LogP contribution < -0.4 is 10.6 Å². The third-order valence-electron chi connectivity index (χ3n) is 2.80. The fourth-order valence-electron chi connectivity index (χ4n) is 1.70. The summed E-state index contributed by atoms with van der Waals surface area (Å²) < 4.78 is 0. The lowest BCUT2D eigenvalue weighted by atomic mass is 10.0. The van der Waals surface area contributed by atoms with Gasteiger partial charge in [-0.15, -0.1) is 0 Å². The zero-order valence-corrected chi connectivity index (χ0v) is 11.5. The highest BCUT2D eigenvalue weighted by atomic mass is 16.1. The normalized spacial score (nSPS) is 12.3. The van der Waals surface area contributed by atoms with Gasteiger partial charge in [0.15, 0.2) is 0 Å². The van der Waals surface area contributed by atoms with Gasteiger partial charge in [0, 0.05) is 12.6 Å². The molecule has 1 unspecified atom stereocenters. The molecule has 0 spiro atoms. The smallest absolute Gasteiger partial charge is 0.271 e. The first-order valence-corrected chi connectivity index (χ1v) is 6.45. The minimum atomic E-state index is -0.161. The number of anilines is 1. The highest BCUT2D eigenvalue weighted by molar-refractivity contribution is 5.92. The highest BCUT2D eigenvalue weighted by Crippen LogP contribution is 2.07. The van der Waals surface area contributed by atoms with E-state index >= 15 is 0 Å². The molecule has 100 valence electrons. The van der Waals surface area contributed by atoms with Gasteiger partial charge in [-0.1, -0.05) is 20.8 Å². The van der Waals surface area contributed by atoms with Crippen molar-refractivity contribution in [2.24, 2.45) is 5.92 Å².